The summed E-state index contributed by atoms with van der Waals surface area (Å²) in [7, 11) is -2.07. The first kappa shape index (κ1) is 43.3. The van der Waals surface area contributed by atoms with Gasteiger partial charge in [0.1, 0.15) is 11.4 Å². The smallest absolute Gasteiger partial charge is 1.00 e. The summed E-state index contributed by atoms with van der Waals surface area (Å²) < 4.78 is 5.58. The molecule has 6 rings (SSSR count). The quantitative estimate of drug-likeness (QED) is 0.143. The molecule has 0 aliphatic carbocycles. The van der Waals surface area contributed by atoms with Crippen molar-refractivity contribution in [2.24, 2.45) is 0 Å². The minimum absolute atomic E-state index is 0. The van der Waals surface area contributed by atoms with E-state index in [-0.39, 0.29) is 63.4 Å². The van der Waals surface area contributed by atoms with Crippen molar-refractivity contribution in [3.05, 3.63) is 110 Å². The molecule has 14 heteroatoms. The Bertz CT molecular complexity index is 1880. The Hall–Kier alpha value is -2.91. The van der Waals surface area contributed by atoms with Gasteiger partial charge in [-0.15, -0.1) is 9.94 Å². The molecule has 0 saturated carbocycles. The van der Waals surface area contributed by atoms with Crippen LogP contribution in [0.4, 0.5) is 11.5 Å². The van der Waals surface area contributed by atoms with Gasteiger partial charge in [-0.05, 0) is 108 Å². The number of aromatic nitrogens is 2. The number of hydrogen-bond acceptors (Lipinski definition) is 8. The van der Waals surface area contributed by atoms with E-state index >= 15 is 0 Å². The number of nitrogens with one attached hydrogen (secondary N) is 2. The van der Waals surface area contributed by atoms with E-state index in [1.54, 1.807) is 0 Å². The van der Waals surface area contributed by atoms with Crippen molar-refractivity contribution in [2.75, 3.05) is 23.1 Å². The van der Waals surface area contributed by atoms with E-state index in [2.05, 4.69) is 127 Å². The summed E-state index contributed by atoms with van der Waals surface area (Å²) in [5, 5.41) is 29.0. The molecule has 0 bridgehead atoms. The van der Waals surface area contributed by atoms with Crippen molar-refractivity contribution in [1.29, 1.82) is 0 Å². The van der Waals surface area contributed by atoms with Crippen molar-refractivity contribution in [3.63, 3.8) is 0 Å². The van der Waals surface area contributed by atoms with Crippen LogP contribution in [-0.4, -0.2) is 40.4 Å². The van der Waals surface area contributed by atoms with Gasteiger partial charge in [-0.1, -0.05) is 53.1 Å². The second-order valence-electron chi connectivity index (χ2n) is 12.8. The van der Waals surface area contributed by atoms with E-state index in [0.717, 1.165) is 44.9 Å². The molecule has 2 aliphatic heterocycles. The van der Waals surface area contributed by atoms with Gasteiger partial charge in [0.25, 0.3) is 0 Å². The monoisotopic (exact) mass is 813 g/mol. The molecule has 2 aliphatic rings. The summed E-state index contributed by atoms with van der Waals surface area (Å²) in [6.45, 7) is 20.1. The number of benzene rings is 3. The fraction of sp³-hybridized carbons (Fsp3) is 0.306. The Morgan fingerprint density at radius 3 is 1.36 bits per heavy atom. The Morgan fingerprint density at radius 2 is 0.960 bits per heavy atom. The van der Waals surface area contributed by atoms with Gasteiger partial charge in [0.05, 0.1) is 24.5 Å². The molecule has 4 N–H and O–H groups in total. The Balaban J connectivity index is 0.00000217. The summed E-state index contributed by atoms with van der Waals surface area (Å²) in [5.41, 5.74) is 24.4. The van der Waals surface area contributed by atoms with Crippen LogP contribution in [0.15, 0.2) is 48.6 Å². The van der Waals surface area contributed by atoms with Crippen LogP contribution in [0, 0.1) is 62.3 Å². The van der Waals surface area contributed by atoms with Crippen LogP contribution in [0.5, 0.6) is 0 Å². The fourth-order valence-electron chi connectivity index (χ4n) is 7.39. The molecule has 0 atom stereocenters. The Morgan fingerprint density at radius 1 is 0.600 bits per heavy atom. The van der Waals surface area contributed by atoms with Crippen LogP contribution in [0.2, 0.25) is 0 Å². The zero-order valence-corrected chi connectivity index (χ0v) is 34.6. The third-order valence-electron chi connectivity index (χ3n) is 8.81. The van der Waals surface area contributed by atoms with Crippen molar-refractivity contribution in [1.82, 2.24) is 20.8 Å². The van der Waals surface area contributed by atoms with Gasteiger partial charge in [-0.3, -0.25) is 20.9 Å². The van der Waals surface area contributed by atoms with E-state index in [9.17, 15) is 10.0 Å². The van der Waals surface area contributed by atoms with E-state index in [0.29, 0.717) is 24.6 Å². The molecule has 4 aromatic rings. The predicted molar refractivity (Wildman–Crippen MR) is 187 cm³/mol. The largest absolute Gasteiger partial charge is 3.00 e. The summed E-state index contributed by atoms with van der Waals surface area (Å²) in [6, 6.07) is 13.0. The standard InChI is InChI=1S/C36H43BN6O3.3ClH.Zr/c1-20-14-23(4)31(24(5)15-20)29-10-12-41(38-29)35-34(33-27(8)18-22(3)19-28(33)9)43(46-37(44)45)40-36(35)42-13-11-30(39-42)32-25(6)16-21(2)17-26(32)7;;;;/h10-11,14-19,38-39,44-45H,12-13H2,1-9H3;3*1H;/q;;;;+3/p-3. The van der Waals surface area contributed by atoms with Crippen LogP contribution >= 0.6 is 0 Å². The van der Waals surface area contributed by atoms with Gasteiger partial charge in [-0.2, -0.15) is 0 Å². The second kappa shape index (κ2) is 17.1. The third kappa shape index (κ3) is 8.25. The number of halogens is 3. The van der Waals surface area contributed by atoms with Crippen molar-refractivity contribution < 1.29 is 78.2 Å². The molecule has 0 saturated heterocycles. The van der Waals surface area contributed by atoms with Crippen LogP contribution < -0.4 is 62.8 Å². The van der Waals surface area contributed by atoms with Crippen LogP contribution in [0.3, 0.4) is 0 Å². The normalized spacial score (nSPS) is 13.2. The van der Waals surface area contributed by atoms with Gasteiger partial charge in [0.2, 0.25) is 0 Å². The Labute approximate surface area is 333 Å². The zero-order chi connectivity index (χ0) is 33.0. The van der Waals surface area contributed by atoms with E-state index < -0.39 is 7.32 Å². The minimum Gasteiger partial charge on any atom is -1.00 e. The average molecular weight is 816 g/mol. The molecular formula is C36H43BCl3N6O3Zr. The second-order valence-corrected chi connectivity index (χ2v) is 12.8. The molecule has 3 heterocycles. The van der Waals surface area contributed by atoms with Gasteiger partial charge >= 0.3 is 33.5 Å². The number of hydrogen-bond donors (Lipinski definition) is 4. The number of aryl methyl sites for hydroxylation is 9. The summed E-state index contributed by atoms with van der Waals surface area (Å²) >= 11 is 0. The molecule has 9 nitrogen and oxygen atoms in total. The van der Waals surface area contributed by atoms with Crippen LogP contribution in [0.25, 0.3) is 22.7 Å². The molecule has 0 fully saturated rings. The number of hydrazine groups is 2. The number of rotatable bonds is 7. The van der Waals surface area contributed by atoms with Crippen LogP contribution in [-0.2, 0) is 26.2 Å². The minimum atomic E-state index is -2.07. The molecule has 0 amide bonds. The van der Waals surface area contributed by atoms with Crippen molar-refractivity contribution in [2.45, 2.75) is 62.3 Å². The van der Waals surface area contributed by atoms with Gasteiger partial charge < -0.3 is 52.0 Å². The molecule has 0 unspecified atom stereocenters. The first-order chi connectivity index (χ1) is 21.8. The van der Waals surface area contributed by atoms with E-state index in [1.807, 2.05) is 5.01 Å². The number of nitrogens with zero attached hydrogens (tertiary/aromatic N) is 4. The maximum absolute atomic E-state index is 10.0. The zero-order valence-electron chi connectivity index (χ0n) is 29.8. The topological polar surface area (TPSA) is 98.0 Å². The molecule has 1 aromatic heterocycles. The number of anilines is 2. The van der Waals surface area contributed by atoms with Gasteiger partial charge in [0, 0.05) is 16.7 Å². The van der Waals surface area contributed by atoms with Crippen LogP contribution in [0.1, 0.15) is 61.2 Å². The first-order valence-electron chi connectivity index (χ1n) is 15.7. The van der Waals surface area contributed by atoms with Gasteiger partial charge in [0.15, 0.2) is 5.82 Å². The fourth-order valence-corrected chi connectivity index (χ4v) is 7.39. The maximum atomic E-state index is 10.0. The molecule has 0 spiro atoms. The molecule has 3 aromatic carbocycles. The first-order valence-corrected chi connectivity index (χ1v) is 15.7. The summed E-state index contributed by atoms with van der Waals surface area (Å²) in [5.74, 6) is 0.586. The third-order valence-corrected chi connectivity index (χ3v) is 8.81. The summed E-state index contributed by atoms with van der Waals surface area (Å²) in [6.07, 6.45) is 4.35. The van der Waals surface area contributed by atoms with E-state index in [4.69, 9.17) is 9.85 Å². The Kier molecular flexibility index (Phi) is 14.8. The molecular weight excluding hydrogens is 773 g/mol. The molecule has 1 radical (unpaired) electrons. The van der Waals surface area contributed by atoms with Crippen molar-refractivity contribution >= 4 is 30.2 Å². The molecule has 263 valence electrons. The maximum Gasteiger partial charge on any atom is 3.00 e. The predicted octanol–water partition coefficient (Wildman–Crippen LogP) is -3.54. The summed E-state index contributed by atoms with van der Waals surface area (Å²) in [4.78, 5) is 1.25. The van der Waals surface area contributed by atoms with Crippen molar-refractivity contribution in [3.8, 4) is 11.3 Å². The van der Waals surface area contributed by atoms with E-state index in [1.165, 1.54) is 43.8 Å². The van der Waals surface area contributed by atoms with Gasteiger partial charge in [-0.25, -0.2) is 0 Å². The molecule has 50 heavy (non-hydrogen) atoms. The average Bonchev–Trinajstić information content (AvgIpc) is 3.67. The SMILES string of the molecule is Cc1cc(C)c(C2=CCN(c3nn(OB(O)O)c(-c4c(C)cc(C)cc4C)c3N3CC=C(c4c(C)cc(C)cc4C)N3)N2)c(C)c1.[Cl-].[Cl-].[Cl-].[Zr+3].